The summed E-state index contributed by atoms with van der Waals surface area (Å²) in [5.41, 5.74) is 7.53. The van der Waals surface area contributed by atoms with Gasteiger partial charge in [-0.1, -0.05) is 5.16 Å². The highest BCUT2D eigenvalue weighted by molar-refractivity contribution is 5.59. The number of rotatable bonds is 4. The average Bonchev–Trinajstić information content (AvgIpc) is 3.08. The zero-order valence-corrected chi connectivity index (χ0v) is 10.1. The molecule has 0 spiro atoms. The summed E-state index contributed by atoms with van der Waals surface area (Å²) in [6.45, 7) is 0.721. The van der Waals surface area contributed by atoms with Crippen LogP contribution in [-0.4, -0.2) is 24.7 Å². The first-order valence-electron chi connectivity index (χ1n) is 5.80. The van der Waals surface area contributed by atoms with E-state index in [1.165, 1.54) is 6.39 Å². The van der Waals surface area contributed by atoms with Crippen LogP contribution < -0.4 is 5.73 Å². The largest absolute Gasteiger partial charge is 0.384 e. The Labute approximate surface area is 109 Å². The Balaban J connectivity index is 1.80. The van der Waals surface area contributed by atoms with E-state index >= 15 is 0 Å². The van der Waals surface area contributed by atoms with E-state index in [1.54, 1.807) is 24.8 Å². The average molecular weight is 256 g/mol. The molecule has 96 valence electrons. The monoisotopic (exact) mass is 256 g/mol. The number of pyridine rings is 1. The Kier molecular flexibility index (Phi) is 2.93. The van der Waals surface area contributed by atoms with Crippen molar-refractivity contribution in [2.24, 2.45) is 0 Å². The number of aryl methyl sites for hydroxylation is 2. The molecule has 3 rings (SSSR count). The number of anilines is 1. The van der Waals surface area contributed by atoms with Gasteiger partial charge in [-0.2, -0.15) is 4.98 Å². The standard InChI is InChI=1S/C12H12N6O/c13-11-2-1-9(5-15-11)10-6-14-7-18(10)4-3-12-16-8-19-17-12/h1-2,5-8H,3-4H2,(H2,13,15). The van der Waals surface area contributed by atoms with Crippen LogP contribution in [0.15, 0.2) is 41.8 Å². The molecule has 3 aromatic rings. The van der Waals surface area contributed by atoms with Gasteiger partial charge in [0.2, 0.25) is 6.39 Å². The van der Waals surface area contributed by atoms with E-state index < -0.39 is 0 Å². The fourth-order valence-corrected chi connectivity index (χ4v) is 1.82. The molecule has 3 aromatic heterocycles. The normalized spacial score (nSPS) is 10.7. The van der Waals surface area contributed by atoms with Crippen LogP contribution in [0.25, 0.3) is 11.3 Å². The molecule has 0 amide bonds. The van der Waals surface area contributed by atoms with E-state index in [0.717, 1.165) is 17.8 Å². The molecule has 0 aliphatic heterocycles. The number of hydrogen-bond acceptors (Lipinski definition) is 6. The number of nitrogens with zero attached hydrogens (tertiary/aromatic N) is 5. The summed E-state index contributed by atoms with van der Waals surface area (Å²) in [5, 5.41) is 3.78. The molecule has 0 aliphatic carbocycles. The maximum atomic E-state index is 5.58. The van der Waals surface area contributed by atoms with Crippen LogP contribution in [0.3, 0.4) is 0 Å². The molecule has 3 heterocycles. The summed E-state index contributed by atoms with van der Waals surface area (Å²) < 4.78 is 6.72. The summed E-state index contributed by atoms with van der Waals surface area (Å²) in [6, 6.07) is 3.69. The van der Waals surface area contributed by atoms with E-state index in [4.69, 9.17) is 10.3 Å². The molecule has 0 aliphatic rings. The van der Waals surface area contributed by atoms with Crippen molar-refractivity contribution in [3.05, 3.63) is 43.1 Å². The van der Waals surface area contributed by atoms with Gasteiger partial charge in [0.1, 0.15) is 5.82 Å². The van der Waals surface area contributed by atoms with E-state index in [1.807, 2.05) is 10.6 Å². The van der Waals surface area contributed by atoms with Gasteiger partial charge >= 0.3 is 0 Å². The van der Waals surface area contributed by atoms with Gasteiger partial charge in [-0.3, -0.25) is 0 Å². The van der Waals surface area contributed by atoms with E-state index in [9.17, 15) is 0 Å². The SMILES string of the molecule is Nc1ccc(-c2cncn2CCc2ncon2)cn1. The zero-order chi connectivity index (χ0) is 13.1. The van der Waals surface area contributed by atoms with Gasteiger partial charge in [-0.05, 0) is 12.1 Å². The minimum Gasteiger partial charge on any atom is -0.384 e. The number of aromatic nitrogens is 5. The van der Waals surface area contributed by atoms with Crippen molar-refractivity contribution in [2.45, 2.75) is 13.0 Å². The summed E-state index contributed by atoms with van der Waals surface area (Å²) in [6.07, 6.45) is 7.31. The minimum atomic E-state index is 0.501. The predicted octanol–water partition coefficient (Wildman–Crippen LogP) is 1.15. The molecule has 0 saturated carbocycles. The second-order valence-corrected chi connectivity index (χ2v) is 4.04. The van der Waals surface area contributed by atoms with Gasteiger partial charge in [0, 0.05) is 24.7 Å². The molecular formula is C12H12N6O. The number of nitrogen functional groups attached to an aromatic ring is 1. The minimum absolute atomic E-state index is 0.501. The van der Waals surface area contributed by atoms with Gasteiger partial charge in [-0.25, -0.2) is 9.97 Å². The molecular weight excluding hydrogens is 244 g/mol. The Morgan fingerprint density at radius 2 is 2.16 bits per heavy atom. The van der Waals surface area contributed by atoms with Crippen molar-refractivity contribution in [3.8, 4) is 11.3 Å². The lowest BCUT2D eigenvalue weighted by atomic mass is 10.2. The maximum absolute atomic E-state index is 5.58. The predicted molar refractivity (Wildman–Crippen MR) is 67.9 cm³/mol. The van der Waals surface area contributed by atoms with E-state index in [2.05, 4.69) is 20.1 Å². The molecule has 0 saturated heterocycles. The lowest BCUT2D eigenvalue weighted by Crippen LogP contribution is -2.03. The molecule has 7 heteroatoms. The highest BCUT2D eigenvalue weighted by Gasteiger charge is 2.07. The maximum Gasteiger partial charge on any atom is 0.213 e. The molecule has 0 fully saturated rings. The Hall–Kier alpha value is -2.70. The Bertz CT molecular complexity index is 643. The number of imidazole rings is 1. The third-order valence-corrected chi connectivity index (χ3v) is 2.78. The molecule has 19 heavy (non-hydrogen) atoms. The van der Waals surface area contributed by atoms with Crippen molar-refractivity contribution >= 4 is 5.82 Å². The van der Waals surface area contributed by atoms with Crippen molar-refractivity contribution < 1.29 is 4.52 Å². The molecule has 7 nitrogen and oxygen atoms in total. The highest BCUT2D eigenvalue weighted by Crippen LogP contribution is 2.18. The first-order valence-corrected chi connectivity index (χ1v) is 5.80. The quantitative estimate of drug-likeness (QED) is 0.752. The second kappa shape index (κ2) is 4.89. The summed E-state index contributed by atoms with van der Waals surface area (Å²) in [4.78, 5) is 12.2. The molecule has 0 unspecified atom stereocenters. The van der Waals surface area contributed by atoms with Crippen molar-refractivity contribution in [1.29, 1.82) is 0 Å². The fraction of sp³-hybridized carbons (Fsp3) is 0.167. The van der Waals surface area contributed by atoms with Crippen LogP contribution in [0.2, 0.25) is 0 Å². The lowest BCUT2D eigenvalue weighted by Gasteiger charge is -2.06. The number of hydrogen-bond donors (Lipinski definition) is 1. The van der Waals surface area contributed by atoms with Crippen LogP contribution in [-0.2, 0) is 13.0 Å². The van der Waals surface area contributed by atoms with Gasteiger partial charge in [-0.15, -0.1) is 0 Å². The van der Waals surface area contributed by atoms with Crippen molar-refractivity contribution in [1.82, 2.24) is 24.7 Å². The molecule has 2 N–H and O–H groups in total. The zero-order valence-electron chi connectivity index (χ0n) is 10.1. The molecule has 0 bridgehead atoms. The van der Waals surface area contributed by atoms with Crippen LogP contribution >= 0.6 is 0 Å². The van der Waals surface area contributed by atoms with Crippen LogP contribution in [0.5, 0.6) is 0 Å². The highest BCUT2D eigenvalue weighted by atomic mass is 16.5. The van der Waals surface area contributed by atoms with Crippen molar-refractivity contribution in [3.63, 3.8) is 0 Å². The Morgan fingerprint density at radius 1 is 1.21 bits per heavy atom. The van der Waals surface area contributed by atoms with E-state index in [-0.39, 0.29) is 0 Å². The van der Waals surface area contributed by atoms with Crippen LogP contribution in [0.4, 0.5) is 5.82 Å². The molecule has 0 atom stereocenters. The third kappa shape index (κ3) is 2.44. The topological polar surface area (TPSA) is 95.7 Å². The lowest BCUT2D eigenvalue weighted by molar-refractivity contribution is 0.408. The first kappa shape index (κ1) is 11.4. The summed E-state index contributed by atoms with van der Waals surface area (Å²) in [7, 11) is 0. The van der Waals surface area contributed by atoms with Gasteiger partial charge < -0.3 is 14.8 Å². The van der Waals surface area contributed by atoms with E-state index in [0.29, 0.717) is 18.1 Å². The smallest absolute Gasteiger partial charge is 0.213 e. The van der Waals surface area contributed by atoms with Gasteiger partial charge in [0.25, 0.3) is 0 Å². The van der Waals surface area contributed by atoms with Crippen molar-refractivity contribution in [2.75, 3.05) is 5.73 Å². The molecule has 0 aromatic carbocycles. The summed E-state index contributed by atoms with van der Waals surface area (Å²) >= 11 is 0. The second-order valence-electron chi connectivity index (χ2n) is 4.04. The van der Waals surface area contributed by atoms with Gasteiger partial charge in [0.15, 0.2) is 5.82 Å². The fourth-order valence-electron chi connectivity index (χ4n) is 1.82. The van der Waals surface area contributed by atoms with Crippen LogP contribution in [0, 0.1) is 0 Å². The third-order valence-electron chi connectivity index (χ3n) is 2.78. The van der Waals surface area contributed by atoms with Gasteiger partial charge in [0.05, 0.1) is 18.2 Å². The summed E-state index contributed by atoms with van der Waals surface area (Å²) in [5.74, 6) is 1.18. The number of nitrogens with two attached hydrogens (primary N) is 1. The Morgan fingerprint density at radius 3 is 2.89 bits per heavy atom. The molecule has 0 radical (unpaired) electrons. The van der Waals surface area contributed by atoms with Crippen LogP contribution in [0.1, 0.15) is 5.82 Å². The first-order chi connectivity index (χ1) is 9.33.